The van der Waals surface area contributed by atoms with E-state index in [-0.39, 0.29) is 22.4 Å². The molecule has 0 radical (unpaired) electrons. The molecule has 2 aromatic rings. The Hall–Kier alpha value is -1.99. The zero-order valence-electron chi connectivity index (χ0n) is 10.3. The third-order valence-corrected chi connectivity index (χ3v) is 3.29. The zero-order chi connectivity index (χ0) is 14.1. The van der Waals surface area contributed by atoms with E-state index in [0.29, 0.717) is 0 Å². The van der Waals surface area contributed by atoms with Crippen LogP contribution in [0.4, 0.5) is 10.1 Å². The molecule has 0 saturated carbocycles. The Morgan fingerprint density at radius 3 is 2.95 bits per heavy atom. The number of halogens is 2. The van der Waals surface area contributed by atoms with Crippen molar-refractivity contribution in [3.63, 3.8) is 0 Å². The summed E-state index contributed by atoms with van der Waals surface area (Å²) >= 11 is 5.65. The van der Waals surface area contributed by atoms with Crippen LogP contribution in [0.2, 0.25) is 5.02 Å². The second-order valence-corrected chi connectivity index (χ2v) is 4.91. The first-order chi connectivity index (χ1) is 9.63. The summed E-state index contributed by atoms with van der Waals surface area (Å²) in [6.07, 6.45) is 1.55. The van der Waals surface area contributed by atoms with Gasteiger partial charge in [0.15, 0.2) is 5.69 Å². The Morgan fingerprint density at radius 1 is 1.50 bits per heavy atom. The van der Waals surface area contributed by atoms with Gasteiger partial charge in [-0.15, -0.1) is 5.10 Å². The normalized spacial score (nSPS) is 14.9. The zero-order valence-corrected chi connectivity index (χ0v) is 11.1. The molecule has 0 bridgehead atoms. The molecular formula is C12H11ClFN5O. The summed E-state index contributed by atoms with van der Waals surface area (Å²) in [6, 6.07) is 4.25. The minimum Gasteiger partial charge on any atom is -0.318 e. The van der Waals surface area contributed by atoms with Gasteiger partial charge < -0.3 is 10.6 Å². The summed E-state index contributed by atoms with van der Waals surface area (Å²) in [5, 5.41) is 13.5. The average Bonchev–Trinajstić information content (AvgIpc) is 2.80. The Morgan fingerprint density at radius 2 is 2.30 bits per heavy atom. The van der Waals surface area contributed by atoms with Gasteiger partial charge in [-0.2, -0.15) is 0 Å². The molecule has 6 nitrogen and oxygen atoms in total. The van der Waals surface area contributed by atoms with Crippen molar-refractivity contribution in [2.45, 2.75) is 6.04 Å². The predicted octanol–water partition coefficient (Wildman–Crippen LogP) is 1.47. The largest absolute Gasteiger partial charge is 0.318 e. The molecule has 0 atom stereocenters. The maximum atomic E-state index is 13.6. The second kappa shape index (κ2) is 5.18. The number of anilines is 1. The van der Waals surface area contributed by atoms with E-state index in [1.165, 1.54) is 12.1 Å². The molecule has 1 aliphatic rings. The SMILES string of the molecule is O=C(Nc1ccc(Cl)cc1F)c1cn(C2CNC2)nn1. The lowest BCUT2D eigenvalue weighted by molar-refractivity contribution is 0.102. The quantitative estimate of drug-likeness (QED) is 0.899. The van der Waals surface area contributed by atoms with E-state index in [1.807, 2.05) is 0 Å². The maximum Gasteiger partial charge on any atom is 0.277 e. The summed E-state index contributed by atoms with van der Waals surface area (Å²) < 4.78 is 15.2. The lowest BCUT2D eigenvalue weighted by atomic mass is 10.2. The van der Waals surface area contributed by atoms with Gasteiger partial charge >= 0.3 is 0 Å². The first kappa shape index (κ1) is 13.0. The van der Waals surface area contributed by atoms with E-state index in [1.54, 1.807) is 10.9 Å². The third-order valence-electron chi connectivity index (χ3n) is 3.06. The van der Waals surface area contributed by atoms with Gasteiger partial charge in [0, 0.05) is 18.1 Å². The average molecular weight is 296 g/mol. The molecule has 1 aromatic carbocycles. The number of nitrogens with zero attached hydrogens (tertiary/aromatic N) is 3. The van der Waals surface area contributed by atoms with Crippen molar-refractivity contribution in [3.8, 4) is 0 Å². The number of amides is 1. The first-order valence-electron chi connectivity index (χ1n) is 6.02. The topological polar surface area (TPSA) is 71.8 Å². The van der Waals surface area contributed by atoms with E-state index in [0.717, 1.165) is 19.2 Å². The smallest absolute Gasteiger partial charge is 0.277 e. The van der Waals surface area contributed by atoms with Gasteiger partial charge in [0.1, 0.15) is 5.82 Å². The van der Waals surface area contributed by atoms with E-state index in [2.05, 4.69) is 20.9 Å². The Bertz CT molecular complexity index is 655. The van der Waals surface area contributed by atoms with Crippen LogP contribution in [0, 0.1) is 5.82 Å². The number of hydrogen-bond acceptors (Lipinski definition) is 4. The van der Waals surface area contributed by atoms with Gasteiger partial charge in [-0.1, -0.05) is 16.8 Å². The van der Waals surface area contributed by atoms with E-state index in [4.69, 9.17) is 11.6 Å². The van der Waals surface area contributed by atoms with Crippen molar-refractivity contribution < 1.29 is 9.18 Å². The number of carbonyl (C=O) groups is 1. The van der Waals surface area contributed by atoms with Gasteiger partial charge in [0.25, 0.3) is 5.91 Å². The second-order valence-electron chi connectivity index (χ2n) is 4.47. The van der Waals surface area contributed by atoms with Crippen LogP contribution >= 0.6 is 11.6 Å². The molecule has 1 fully saturated rings. The summed E-state index contributed by atoms with van der Waals surface area (Å²) in [4.78, 5) is 12.0. The molecule has 0 unspecified atom stereocenters. The molecule has 1 saturated heterocycles. The fourth-order valence-electron chi connectivity index (χ4n) is 1.80. The summed E-state index contributed by atoms with van der Waals surface area (Å²) in [6.45, 7) is 1.60. The van der Waals surface area contributed by atoms with Crippen LogP contribution in [-0.2, 0) is 0 Å². The summed E-state index contributed by atoms with van der Waals surface area (Å²) in [5.41, 5.74) is 0.200. The van der Waals surface area contributed by atoms with E-state index >= 15 is 0 Å². The molecule has 1 aromatic heterocycles. The Balaban J connectivity index is 1.73. The molecule has 1 amide bonds. The van der Waals surface area contributed by atoms with Crippen molar-refractivity contribution in [1.82, 2.24) is 20.3 Å². The molecule has 2 N–H and O–H groups in total. The highest BCUT2D eigenvalue weighted by Gasteiger charge is 2.22. The summed E-state index contributed by atoms with van der Waals surface area (Å²) in [5.74, 6) is -1.11. The number of carbonyl (C=O) groups excluding carboxylic acids is 1. The van der Waals surface area contributed by atoms with E-state index < -0.39 is 11.7 Å². The number of aromatic nitrogens is 3. The van der Waals surface area contributed by atoms with Crippen molar-refractivity contribution in [2.75, 3.05) is 18.4 Å². The molecule has 0 aliphatic carbocycles. The number of benzene rings is 1. The number of nitrogens with one attached hydrogen (secondary N) is 2. The molecule has 8 heteroatoms. The van der Waals surface area contributed by atoms with Gasteiger partial charge in [0.05, 0.1) is 17.9 Å². The van der Waals surface area contributed by atoms with Gasteiger partial charge in [0.2, 0.25) is 0 Å². The standard InChI is InChI=1S/C12H11ClFN5O/c13-7-1-2-10(9(14)3-7)16-12(20)11-6-19(18-17-11)8-4-15-5-8/h1-3,6,8,15H,4-5H2,(H,16,20). The van der Waals surface area contributed by atoms with Gasteiger partial charge in [-0.3, -0.25) is 4.79 Å². The van der Waals surface area contributed by atoms with Crippen LogP contribution in [0.25, 0.3) is 0 Å². The van der Waals surface area contributed by atoms with Crippen LogP contribution in [0.3, 0.4) is 0 Å². The maximum absolute atomic E-state index is 13.6. The molecule has 1 aliphatic heterocycles. The van der Waals surface area contributed by atoms with Crippen LogP contribution in [0.15, 0.2) is 24.4 Å². The predicted molar refractivity (Wildman–Crippen MR) is 71.3 cm³/mol. The first-order valence-corrected chi connectivity index (χ1v) is 6.40. The minimum atomic E-state index is -0.596. The molecule has 0 spiro atoms. The monoisotopic (exact) mass is 295 g/mol. The molecule has 20 heavy (non-hydrogen) atoms. The van der Waals surface area contributed by atoms with Crippen LogP contribution in [0.1, 0.15) is 16.5 Å². The summed E-state index contributed by atoms with van der Waals surface area (Å²) in [7, 11) is 0. The Kier molecular flexibility index (Phi) is 3.37. The van der Waals surface area contributed by atoms with Gasteiger partial charge in [-0.25, -0.2) is 9.07 Å². The lowest BCUT2D eigenvalue weighted by Crippen LogP contribution is -2.43. The van der Waals surface area contributed by atoms with Crippen LogP contribution < -0.4 is 10.6 Å². The molecule has 3 rings (SSSR count). The molecule has 104 valence electrons. The highest BCUT2D eigenvalue weighted by atomic mass is 35.5. The fourth-order valence-corrected chi connectivity index (χ4v) is 1.96. The highest BCUT2D eigenvalue weighted by Crippen LogP contribution is 2.19. The highest BCUT2D eigenvalue weighted by molar-refractivity contribution is 6.30. The molecular weight excluding hydrogens is 285 g/mol. The van der Waals surface area contributed by atoms with E-state index in [9.17, 15) is 9.18 Å². The molecule has 2 heterocycles. The van der Waals surface area contributed by atoms with Crippen LogP contribution in [-0.4, -0.2) is 34.0 Å². The fraction of sp³-hybridized carbons (Fsp3) is 0.250. The van der Waals surface area contributed by atoms with Gasteiger partial charge in [-0.05, 0) is 18.2 Å². The number of hydrogen-bond donors (Lipinski definition) is 2. The van der Waals surface area contributed by atoms with Crippen molar-refractivity contribution >= 4 is 23.2 Å². The van der Waals surface area contributed by atoms with Crippen molar-refractivity contribution in [1.29, 1.82) is 0 Å². The minimum absolute atomic E-state index is 0.0549. The Labute approximate surface area is 118 Å². The van der Waals surface area contributed by atoms with Crippen molar-refractivity contribution in [2.24, 2.45) is 0 Å². The van der Waals surface area contributed by atoms with Crippen LogP contribution in [0.5, 0.6) is 0 Å². The third kappa shape index (κ3) is 2.50. The number of rotatable bonds is 3. The lowest BCUT2D eigenvalue weighted by Gasteiger charge is -2.26. The van der Waals surface area contributed by atoms with Crippen molar-refractivity contribution in [3.05, 3.63) is 40.9 Å².